The standard InChI is InChI=1S/C26H34N2O10/c1-2-34-11-12-36-15-16-37-14-13-35-10-4-5-18(29)17-38-21-7-3-6-19-23(21)26(33)28(25(19)32)20-8-9-22(30)27-24(20)31/h3,6-7,20H,2,4-5,8-17H2,1H3,(H,27,30,31). The number of hydrogen-bond acceptors (Lipinski definition) is 10. The number of nitrogens with one attached hydrogen (secondary N) is 1. The summed E-state index contributed by atoms with van der Waals surface area (Å²) in [6.07, 6.45) is 0.806. The highest BCUT2D eigenvalue weighted by molar-refractivity contribution is 6.24. The van der Waals surface area contributed by atoms with Crippen LogP contribution < -0.4 is 10.1 Å². The molecule has 1 atom stereocenters. The van der Waals surface area contributed by atoms with Crippen molar-refractivity contribution < 1.29 is 47.7 Å². The predicted octanol–water partition coefficient (Wildman–Crippen LogP) is 0.902. The Kier molecular flexibility index (Phi) is 11.8. The molecule has 2 aliphatic heterocycles. The van der Waals surface area contributed by atoms with Gasteiger partial charge < -0.3 is 23.7 Å². The fraction of sp³-hybridized carbons (Fsp3) is 0.577. The van der Waals surface area contributed by atoms with Crippen molar-refractivity contribution in [3.8, 4) is 5.75 Å². The largest absolute Gasteiger partial charge is 0.485 e. The second-order valence-electron chi connectivity index (χ2n) is 8.59. The van der Waals surface area contributed by atoms with E-state index in [1.54, 1.807) is 6.07 Å². The van der Waals surface area contributed by atoms with Crippen LogP contribution in [0.15, 0.2) is 18.2 Å². The molecule has 0 aromatic heterocycles. The van der Waals surface area contributed by atoms with Gasteiger partial charge in [0.05, 0.1) is 50.8 Å². The fourth-order valence-corrected chi connectivity index (χ4v) is 4.01. The van der Waals surface area contributed by atoms with Crippen LogP contribution in [0, 0.1) is 0 Å². The Hall–Kier alpha value is -3.19. The van der Waals surface area contributed by atoms with E-state index in [-0.39, 0.29) is 48.5 Å². The Morgan fingerprint density at radius 3 is 2.24 bits per heavy atom. The van der Waals surface area contributed by atoms with Gasteiger partial charge in [-0.05, 0) is 31.9 Å². The van der Waals surface area contributed by atoms with Crippen molar-refractivity contribution in [3.05, 3.63) is 29.3 Å². The zero-order chi connectivity index (χ0) is 27.3. The Bertz CT molecular complexity index is 1010. The number of carbonyl (C=O) groups is 5. The summed E-state index contributed by atoms with van der Waals surface area (Å²) in [4.78, 5) is 62.7. The maximum absolute atomic E-state index is 13.0. The van der Waals surface area contributed by atoms with Gasteiger partial charge in [0, 0.05) is 26.1 Å². The predicted molar refractivity (Wildman–Crippen MR) is 132 cm³/mol. The van der Waals surface area contributed by atoms with Gasteiger partial charge in [-0.3, -0.25) is 34.2 Å². The van der Waals surface area contributed by atoms with Crippen molar-refractivity contribution >= 4 is 29.4 Å². The number of benzene rings is 1. The number of ether oxygens (including phenoxy) is 5. The molecule has 0 aliphatic carbocycles. The van der Waals surface area contributed by atoms with Crippen molar-refractivity contribution in [2.24, 2.45) is 0 Å². The molecule has 0 bridgehead atoms. The highest BCUT2D eigenvalue weighted by Crippen LogP contribution is 2.33. The lowest BCUT2D eigenvalue weighted by Crippen LogP contribution is -2.54. The molecule has 12 nitrogen and oxygen atoms in total. The van der Waals surface area contributed by atoms with Crippen LogP contribution >= 0.6 is 0 Å². The zero-order valence-corrected chi connectivity index (χ0v) is 21.5. The van der Waals surface area contributed by atoms with Gasteiger partial charge in [-0.25, -0.2) is 0 Å². The molecule has 1 saturated heterocycles. The number of hydrogen-bond donors (Lipinski definition) is 1. The first-order chi connectivity index (χ1) is 18.4. The monoisotopic (exact) mass is 534 g/mol. The molecule has 4 amide bonds. The third kappa shape index (κ3) is 8.15. The molecule has 38 heavy (non-hydrogen) atoms. The minimum Gasteiger partial charge on any atom is -0.485 e. The first-order valence-corrected chi connectivity index (χ1v) is 12.7. The van der Waals surface area contributed by atoms with E-state index >= 15 is 0 Å². The number of ketones is 1. The van der Waals surface area contributed by atoms with Gasteiger partial charge in [0.15, 0.2) is 5.78 Å². The van der Waals surface area contributed by atoms with Crippen LogP contribution in [0.2, 0.25) is 0 Å². The Morgan fingerprint density at radius 2 is 1.58 bits per heavy atom. The van der Waals surface area contributed by atoms with E-state index in [2.05, 4.69) is 5.32 Å². The Labute approximate surface area is 220 Å². The number of imide groups is 2. The summed E-state index contributed by atoms with van der Waals surface area (Å²) in [5, 5.41) is 2.15. The number of rotatable bonds is 18. The molecule has 1 aromatic rings. The molecule has 1 aromatic carbocycles. The zero-order valence-electron chi connectivity index (χ0n) is 21.5. The summed E-state index contributed by atoms with van der Waals surface area (Å²) in [6, 6.07) is 3.44. The lowest BCUT2D eigenvalue weighted by atomic mass is 10.0. The third-order valence-electron chi connectivity index (χ3n) is 5.88. The quantitative estimate of drug-likeness (QED) is 0.213. The molecular formula is C26H34N2O10. The van der Waals surface area contributed by atoms with Gasteiger partial charge >= 0.3 is 0 Å². The Morgan fingerprint density at radius 1 is 0.921 bits per heavy atom. The number of fused-ring (bicyclic) bond motifs is 1. The molecule has 3 rings (SSSR count). The molecule has 2 aliphatic rings. The van der Waals surface area contributed by atoms with Crippen molar-refractivity contribution in [1.29, 1.82) is 0 Å². The van der Waals surface area contributed by atoms with Crippen LogP contribution in [0.4, 0.5) is 0 Å². The van der Waals surface area contributed by atoms with E-state index in [1.807, 2.05) is 6.92 Å². The summed E-state index contributed by atoms with van der Waals surface area (Å²) in [5.74, 6) is -2.55. The number of carbonyl (C=O) groups excluding carboxylic acids is 5. The molecule has 2 heterocycles. The minimum atomic E-state index is -1.07. The Balaban J connectivity index is 1.34. The van der Waals surface area contributed by atoms with Crippen molar-refractivity contribution in [2.75, 3.05) is 59.5 Å². The van der Waals surface area contributed by atoms with Crippen LogP contribution in [0.5, 0.6) is 5.75 Å². The van der Waals surface area contributed by atoms with Crippen molar-refractivity contribution in [1.82, 2.24) is 10.2 Å². The molecule has 0 radical (unpaired) electrons. The number of piperidine rings is 1. The van der Waals surface area contributed by atoms with E-state index in [0.29, 0.717) is 59.3 Å². The van der Waals surface area contributed by atoms with Gasteiger partial charge in [-0.15, -0.1) is 0 Å². The van der Waals surface area contributed by atoms with Crippen LogP contribution in [-0.4, -0.2) is 99.8 Å². The van der Waals surface area contributed by atoms with E-state index < -0.39 is 29.7 Å². The first kappa shape index (κ1) is 29.4. The summed E-state index contributed by atoms with van der Waals surface area (Å²) in [6.45, 7) is 5.59. The lowest BCUT2D eigenvalue weighted by Gasteiger charge is -2.27. The van der Waals surface area contributed by atoms with Crippen LogP contribution in [0.25, 0.3) is 0 Å². The van der Waals surface area contributed by atoms with Gasteiger partial charge in [0.2, 0.25) is 11.8 Å². The summed E-state index contributed by atoms with van der Waals surface area (Å²) in [5.41, 5.74) is 0.107. The molecule has 0 spiro atoms. The molecular weight excluding hydrogens is 500 g/mol. The number of Topliss-reactive ketones (excluding diaryl/α,β-unsaturated/α-hetero) is 1. The summed E-state index contributed by atoms with van der Waals surface area (Å²) < 4.78 is 26.9. The highest BCUT2D eigenvalue weighted by atomic mass is 16.6. The van der Waals surface area contributed by atoms with Gasteiger partial charge in [-0.2, -0.15) is 0 Å². The topological polar surface area (TPSA) is 147 Å². The van der Waals surface area contributed by atoms with E-state index in [4.69, 9.17) is 23.7 Å². The number of amides is 4. The van der Waals surface area contributed by atoms with E-state index in [0.717, 1.165) is 4.90 Å². The minimum absolute atomic E-state index is 0.0121. The van der Waals surface area contributed by atoms with E-state index in [9.17, 15) is 24.0 Å². The first-order valence-electron chi connectivity index (χ1n) is 12.7. The maximum atomic E-state index is 13.0. The summed E-state index contributed by atoms with van der Waals surface area (Å²) >= 11 is 0. The molecule has 12 heteroatoms. The van der Waals surface area contributed by atoms with Crippen molar-refractivity contribution in [3.63, 3.8) is 0 Å². The summed E-state index contributed by atoms with van der Waals surface area (Å²) in [7, 11) is 0. The molecule has 1 unspecified atom stereocenters. The molecule has 208 valence electrons. The van der Waals surface area contributed by atoms with Crippen LogP contribution in [-0.2, 0) is 33.3 Å². The smallest absolute Gasteiger partial charge is 0.266 e. The molecule has 1 N–H and O–H groups in total. The van der Waals surface area contributed by atoms with Crippen molar-refractivity contribution in [2.45, 2.75) is 38.6 Å². The van der Waals surface area contributed by atoms with Gasteiger partial charge in [0.1, 0.15) is 18.4 Å². The maximum Gasteiger partial charge on any atom is 0.266 e. The van der Waals surface area contributed by atoms with Crippen LogP contribution in [0.3, 0.4) is 0 Å². The second kappa shape index (κ2) is 15.3. The number of nitrogens with zero attached hydrogens (tertiary/aromatic N) is 1. The van der Waals surface area contributed by atoms with Gasteiger partial charge in [0.25, 0.3) is 11.8 Å². The lowest BCUT2D eigenvalue weighted by molar-refractivity contribution is -0.136. The van der Waals surface area contributed by atoms with Gasteiger partial charge in [-0.1, -0.05) is 6.07 Å². The third-order valence-corrected chi connectivity index (χ3v) is 5.88. The SMILES string of the molecule is CCOCCOCCOCCOCCCC(=O)COc1cccc2c1C(=O)N(C1CCC(=O)NC1=O)C2=O. The van der Waals surface area contributed by atoms with E-state index in [1.165, 1.54) is 12.1 Å². The second-order valence-corrected chi connectivity index (χ2v) is 8.59. The normalized spacial score (nSPS) is 17.1. The average Bonchev–Trinajstić information content (AvgIpc) is 3.15. The average molecular weight is 535 g/mol. The molecule has 1 fully saturated rings. The highest BCUT2D eigenvalue weighted by Gasteiger charge is 2.46. The molecule has 0 saturated carbocycles. The fourth-order valence-electron chi connectivity index (χ4n) is 4.01. The van der Waals surface area contributed by atoms with Crippen LogP contribution in [0.1, 0.15) is 53.3 Å².